The Morgan fingerprint density at radius 1 is 1.30 bits per heavy atom. The van der Waals surface area contributed by atoms with Crippen molar-refractivity contribution in [2.45, 2.75) is 19.3 Å². The fourth-order valence-electron chi connectivity index (χ4n) is 1.18. The molecule has 0 aliphatic heterocycles. The normalized spacial score (nSPS) is 24.7. The van der Waals surface area contributed by atoms with E-state index in [4.69, 9.17) is 5.11 Å². The van der Waals surface area contributed by atoms with Crippen molar-refractivity contribution >= 4 is 0 Å². The van der Waals surface area contributed by atoms with Gasteiger partial charge in [0, 0.05) is 6.61 Å². The second-order valence-electron chi connectivity index (χ2n) is 2.64. The van der Waals surface area contributed by atoms with E-state index in [2.05, 4.69) is 24.3 Å². The largest absolute Gasteiger partial charge is 0.396 e. The third kappa shape index (κ3) is 2.36. The lowest BCUT2D eigenvalue weighted by molar-refractivity contribution is 0.270. The highest BCUT2D eigenvalue weighted by Crippen LogP contribution is 2.14. The molecule has 0 saturated heterocycles. The number of aliphatic hydroxyl groups excluding tert-OH is 1. The van der Waals surface area contributed by atoms with E-state index in [1.165, 1.54) is 0 Å². The van der Waals surface area contributed by atoms with Crippen LogP contribution in [0, 0.1) is 5.92 Å². The number of hydrogen-bond donors (Lipinski definition) is 1. The van der Waals surface area contributed by atoms with E-state index in [0.29, 0.717) is 12.5 Å². The maximum Gasteiger partial charge on any atom is 0.0436 e. The monoisotopic (exact) mass is 138 g/mol. The summed E-state index contributed by atoms with van der Waals surface area (Å²) >= 11 is 0. The van der Waals surface area contributed by atoms with E-state index < -0.39 is 0 Å². The summed E-state index contributed by atoms with van der Waals surface area (Å²) in [6.45, 7) is 0.308. The van der Waals surface area contributed by atoms with E-state index in [0.717, 1.165) is 19.3 Å². The second-order valence-corrected chi connectivity index (χ2v) is 2.64. The molecule has 1 aliphatic carbocycles. The minimum atomic E-state index is 0.308. The molecule has 10 heavy (non-hydrogen) atoms. The molecule has 0 spiro atoms. The standard InChI is InChI=1S/C9H14O/c10-8-7-9-5-3-1-2-4-6-9/h1,3-4,6,9-10H,2,5,7-8H2/t9-/m0/s1. The molecule has 0 aromatic carbocycles. The van der Waals surface area contributed by atoms with Crippen molar-refractivity contribution in [1.29, 1.82) is 0 Å². The van der Waals surface area contributed by atoms with Gasteiger partial charge in [0.05, 0.1) is 0 Å². The topological polar surface area (TPSA) is 20.2 Å². The lowest BCUT2D eigenvalue weighted by atomic mass is 10.0. The van der Waals surface area contributed by atoms with Crippen LogP contribution in [0.5, 0.6) is 0 Å². The first-order chi connectivity index (χ1) is 4.93. The molecule has 56 valence electrons. The van der Waals surface area contributed by atoms with Crippen LogP contribution in [-0.4, -0.2) is 11.7 Å². The van der Waals surface area contributed by atoms with Crippen molar-refractivity contribution < 1.29 is 5.11 Å². The highest BCUT2D eigenvalue weighted by Gasteiger charge is 2.01. The van der Waals surface area contributed by atoms with Gasteiger partial charge in [-0.2, -0.15) is 0 Å². The van der Waals surface area contributed by atoms with Crippen LogP contribution in [-0.2, 0) is 0 Å². The van der Waals surface area contributed by atoms with E-state index in [1.54, 1.807) is 0 Å². The average Bonchev–Trinajstić information content (AvgIpc) is 2.17. The molecule has 1 atom stereocenters. The molecule has 0 aromatic rings. The zero-order valence-corrected chi connectivity index (χ0v) is 6.16. The summed E-state index contributed by atoms with van der Waals surface area (Å²) in [5.74, 6) is 0.573. The van der Waals surface area contributed by atoms with Gasteiger partial charge in [-0.05, 0) is 25.2 Å². The second kappa shape index (κ2) is 4.29. The molecule has 0 unspecified atom stereocenters. The predicted molar refractivity (Wildman–Crippen MR) is 42.7 cm³/mol. The Hall–Kier alpha value is -0.560. The van der Waals surface area contributed by atoms with E-state index in [-0.39, 0.29) is 0 Å². The third-order valence-corrected chi connectivity index (χ3v) is 1.79. The molecule has 1 nitrogen and oxygen atoms in total. The minimum Gasteiger partial charge on any atom is -0.396 e. The molecule has 0 bridgehead atoms. The van der Waals surface area contributed by atoms with Gasteiger partial charge in [-0.15, -0.1) is 0 Å². The molecule has 1 aliphatic rings. The van der Waals surface area contributed by atoms with Gasteiger partial charge in [0.15, 0.2) is 0 Å². The molecule has 1 heteroatoms. The SMILES string of the molecule is OCC[C@@H]1C=CCC=CC1. The van der Waals surface area contributed by atoms with Gasteiger partial charge in [0.1, 0.15) is 0 Å². The predicted octanol–water partition coefficient (Wildman–Crippen LogP) is 1.89. The molecule has 1 N–H and O–H groups in total. The van der Waals surface area contributed by atoms with Crippen LogP contribution in [0.4, 0.5) is 0 Å². The molecule has 1 rings (SSSR count). The summed E-state index contributed by atoms with van der Waals surface area (Å²) in [6.07, 6.45) is 11.8. The maximum absolute atomic E-state index is 8.65. The van der Waals surface area contributed by atoms with Gasteiger partial charge in [0.2, 0.25) is 0 Å². The highest BCUT2D eigenvalue weighted by atomic mass is 16.3. The zero-order chi connectivity index (χ0) is 7.23. The summed E-state index contributed by atoms with van der Waals surface area (Å²) in [6, 6.07) is 0. The lowest BCUT2D eigenvalue weighted by Crippen LogP contribution is -1.96. The summed E-state index contributed by atoms with van der Waals surface area (Å²) in [5.41, 5.74) is 0. The van der Waals surface area contributed by atoms with Gasteiger partial charge < -0.3 is 5.11 Å². The summed E-state index contributed by atoms with van der Waals surface area (Å²) in [5, 5.41) is 8.65. The van der Waals surface area contributed by atoms with E-state index in [1.807, 2.05) is 0 Å². The van der Waals surface area contributed by atoms with Crippen molar-refractivity contribution in [3.05, 3.63) is 24.3 Å². The summed E-state index contributed by atoms with van der Waals surface area (Å²) < 4.78 is 0. The average molecular weight is 138 g/mol. The zero-order valence-electron chi connectivity index (χ0n) is 6.16. The smallest absolute Gasteiger partial charge is 0.0436 e. The van der Waals surface area contributed by atoms with E-state index >= 15 is 0 Å². The van der Waals surface area contributed by atoms with Crippen LogP contribution in [0.3, 0.4) is 0 Å². The molecule has 0 saturated carbocycles. The Kier molecular flexibility index (Phi) is 3.23. The molecule has 0 amide bonds. The first-order valence-corrected chi connectivity index (χ1v) is 3.86. The Morgan fingerprint density at radius 3 is 3.00 bits per heavy atom. The highest BCUT2D eigenvalue weighted by molar-refractivity contribution is 5.02. The summed E-state index contributed by atoms with van der Waals surface area (Å²) in [4.78, 5) is 0. The van der Waals surface area contributed by atoms with Crippen molar-refractivity contribution in [1.82, 2.24) is 0 Å². The minimum absolute atomic E-state index is 0.308. The Labute approximate surface area is 62.1 Å². The quantitative estimate of drug-likeness (QED) is 0.578. The Balaban J connectivity index is 2.36. The maximum atomic E-state index is 8.65. The molecular formula is C9H14O. The molecule has 0 heterocycles. The van der Waals surface area contributed by atoms with Crippen molar-refractivity contribution in [3.63, 3.8) is 0 Å². The van der Waals surface area contributed by atoms with Gasteiger partial charge in [0.25, 0.3) is 0 Å². The third-order valence-electron chi connectivity index (χ3n) is 1.79. The first kappa shape index (κ1) is 7.55. The van der Waals surface area contributed by atoms with Gasteiger partial charge in [-0.3, -0.25) is 0 Å². The number of rotatable bonds is 2. The molecule has 0 aromatic heterocycles. The fourth-order valence-corrected chi connectivity index (χ4v) is 1.18. The van der Waals surface area contributed by atoms with Crippen LogP contribution in [0.25, 0.3) is 0 Å². The van der Waals surface area contributed by atoms with E-state index in [9.17, 15) is 0 Å². The Bertz CT molecular complexity index is 136. The van der Waals surface area contributed by atoms with Crippen LogP contribution in [0.1, 0.15) is 19.3 Å². The van der Waals surface area contributed by atoms with Crippen molar-refractivity contribution in [3.8, 4) is 0 Å². The van der Waals surface area contributed by atoms with Crippen LogP contribution in [0.2, 0.25) is 0 Å². The molecule has 0 radical (unpaired) electrons. The summed E-state index contributed by atoms with van der Waals surface area (Å²) in [7, 11) is 0. The van der Waals surface area contributed by atoms with Crippen molar-refractivity contribution in [2.24, 2.45) is 5.92 Å². The van der Waals surface area contributed by atoms with Crippen molar-refractivity contribution in [2.75, 3.05) is 6.61 Å². The van der Waals surface area contributed by atoms with Gasteiger partial charge in [-0.25, -0.2) is 0 Å². The first-order valence-electron chi connectivity index (χ1n) is 3.86. The number of allylic oxidation sites excluding steroid dienone is 4. The molecular weight excluding hydrogens is 124 g/mol. The van der Waals surface area contributed by atoms with Crippen LogP contribution in [0.15, 0.2) is 24.3 Å². The fraction of sp³-hybridized carbons (Fsp3) is 0.556. The van der Waals surface area contributed by atoms with Gasteiger partial charge >= 0.3 is 0 Å². The van der Waals surface area contributed by atoms with Gasteiger partial charge in [-0.1, -0.05) is 24.3 Å². The van der Waals surface area contributed by atoms with Crippen LogP contribution >= 0.6 is 0 Å². The number of hydrogen-bond acceptors (Lipinski definition) is 1. The molecule has 0 fully saturated rings. The van der Waals surface area contributed by atoms with Crippen LogP contribution < -0.4 is 0 Å². The number of aliphatic hydroxyl groups is 1. The lowest BCUT2D eigenvalue weighted by Gasteiger charge is -2.05. The Morgan fingerprint density at radius 2 is 2.20 bits per heavy atom.